The molecule has 0 bridgehead atoms. The molecule has 39 heavy (non-hydrogen) atoms. The summed E-state index contributed by atoms with van der Waals surface area (Å²) in [7, 11) is 10.2. The van der Waals surface area contributed by atoms with Crippen LogP contribution in [0, 0.1) is 0 Å². The highest BCUT2D eigenvalue weighted by Crippen LogP contribution is 2.48. The number of ether oxygens (including phenoxy) is 8. The van der Waals surface area contributed by atoms with E-state index in [-0.39, 0.29) is 24.5 Å². The summed E-state index contributed by atoms with van der Waals surface area (Å²) >= 11 is 0. The molecular formula is C29H35NO9. The van der Waals surface area contributed by atoms with Crippen molar-refractivity contribution in [1.29, 1.82) is 0 Å². The van der Waals surface area contributed by atoms with Crippen molar-refractivity contribution < 1.29 is 42.7 Å². The van der Waals surface area contributed by atoms with Gasteiger partial charge in [-0.05, 0) is 69.0 Å². The molecule has 4 rings (SSSR count). The number of carbonyl (C=O) groups excluding carboxylic acids is 1. The van der Waals surface area contributed by atoms with E-state index in [0.29, 0.717) is 40.7 Å². The fourth-order valence-electron chi connectivity index (χ4n) is 4.64. The minimum absolute atomic E-state index is 0.00278. The molecule has 1 unspecified atom stereocenters. The van der Waals surface area contributed by atoms with Crippen LogP contribution >= 0.6 is 0 Å². The summed E-state index contributed by atoms with van der Waals surface area (Å²) in [5.74, 6) is 0.303. The highest BCUT2D eigenvalue weighted by Gasteiger charge is 2.52. The number of benzene rings is 2. The summed E-state index contributed by atoms with van der Waals surface area (Å²) in [5.41, 5.74) is 2.24. The average Bonchev–Trinajstić information content (AvgIpc) is 3.56. The highest BCUT2D eigenvalue weighted by atomic mass is 16.7. The van der Waals surface area contributed by atoms with Gasteiger partial charge in [0.25, 0.3) is 5.79 Å². The second-order valence-corrected chi connectivity index (χ2v) is 9.21. The van der Waals surface area contributed by atoms with E-state index in [1.807, 2.05) is 38.4 Å². The number of hydrogen-bond donors (Lipinski definition) is 0. The van der Waals surface area contributed by atoms with Gasteiger partial charge in [-0.15, -0.1) is 0 Å². The third-order valence-corrected chi connectivity index (χ3v) is 6.49. The van der Waals surface area contributed by atoms with E-state index in [1.54, 1.807) is 40.6 Å². The molecule has 0 amide bonds. The summed E-state index contributed by atoms with van der Waals surface area (Å²) < 4.78 is 45.6. The van der Waals surface area contributed by atoms with E-state index in [9.17, 15) is 4.79 Å². The normalized spacial score (nSPS) is 18.4. The van der Waals surface area contributed by atoms with Gasteiger partial charge >= 0.3 is 5.97 Å². The van der Waals surface area contributed by atoms with Crippen molar-refractivity contribution in [3.63, 3.8) is 0 Å². The SMILES string of the molecule is COc1ccc(C2(OCCCN(C)C)OC(=O)C(C3=COCO3)=C2Cc2cc(OC)c(OC)c(OC)c2)cc1. The Morgan fingerprint density at radius 2 is 1.64 bits per heavy atom. The standard InChI is InChI=1S/C29H35NO9/c1-30(2)12-7-13-38-29(20-8-10-21(32-3)11-9-20)22(26(28(31)39-29)25-17-36-18-37-25)14-19-15-23(33-4)27(35-6)24(16-19)34-5/h8-11,15-17H,7,12-14,18H2,1-6H3. The molecule has 0 saturated carbocycles. The molecule has 1 atom stereocenters. The Morgan fingerprint density at radius 3 is 2.18 bits per heavy atom. The smallest absolute Gasteiger partial charge is 0.345 e. The van der Waals surface area contributed by atoms with E-state index in [2.05, 4.69) is 4.90 Å². The van der Waals surface area contributed by atoms with Crippen molar-refractivity contribution in [3.05, 3.63) is 70.7 Å². The Hall–Kier alpha value is -3.89. The van der Waals surface area contributed by atoms with Gasteiger partial charge in [0.05, 0.1) is 35.0 Å². The maximum absolute atomic E-state index is 13.5. The van der Waals surface area contributed by atoms with E-state index in [1.165, 1.54) is 6.26 Å². The highest BCUT2D eigenvalue weighted by molar-refractivity contribution is 5.97. The van der Waals surface area contributed by atoms with Gasteiger partial charge in [-0.25, -0.2) is 4.79 Å². The van der Waals surface area contributed by atoms with E-state index in [4.69, 9.17) is 37.9 Å². The van der Waals surface area contributed by atoms with Crippen LogP contribution in [0.5, 0.6) is 23.0 Å². The molecule has 10 nitrogen and oxygen atoms in total. The first-order valence-electron chi connectivity index (χ1n) is 12.5. The molecule has 0 spiro atoms. The minimum atomic E-state index is -1.52. The molecule has 0 aliphatic carbocycles. The molecule has 2 heterocycles. The van der Waals surface area contributed by atoms with Crippen molar-refractivity contribution >= 4 is 5.97 Å². The van der Waals surface area contributed by atoms with Crippen molar-refractivity contribution in [2.24, 2.45) is 0 Å². The van der Waals surface area contributed by atoms with E-state index < -0.39 is 11.8 Å². The lowest BCUT2D eigenvalue weighted by Gasteiger charge is -2.32. The Balaban J connectivity index is 1.87. The maximum atomic E-state index is 13.5. The number of rotatable bonds is 13. The predicted molar refractivity (Wildman–Crippen MR) is 142 cm³/mol. The fourth-order valence-corrected chi connectivity index (χ4v) is 4.64. The van der Waals surface area contributed by atoms with Crippen molar-refractivity contribution in [2.45, 2.75) is 18.6 Å². The van der Waals surface area contributed by atoms with Crippen LogP contribution < -0.4 is 18.9 Å². The number of hydrogen-bond acceptors (Lipinski definition) is 10. The molecule has 0 fully saturated rings. The van der Waals surface area contributed by atoms with E-state index in [0.717, 1.165) is 18.5 Å². The molecule has 2 aromatic rings. The molecule has 2 aliphatic rings. The van der Waals surface area contributed by atoms with Crippen molar-refractivity contribution in [3.8, 4) is 23.0 Å². The molecule has 0 aromatic heterocycles. The van der Waals surface area contributed by atoms with Gasteiger partial charge in [-0.1, -0.05) is 0 Å². The van der Waals surface area contributed by atoms with Crippen LogP contribution in [0.25, 0.3) is 0 Å². The van der Waals surface area contributed by atoms with Crippen LogP contribution in [0.3, 0.4) is 0 Å². The molecule has 0 saturated heterocycles. The van der Waals surface area contributed by atoms with Crippen molar-refractivity contribution in [1.82, 2.24) is 4.90 Å². The molecule has 10 heteroatoms. The predicted octanol–water partition coefficient (Wildman–Crippen LogP) is 3.78. The summed E-state index contributed by atoms with van der Waals surface area (Å²) in [6.07, 6.45) is 2.39. The van der Waals surface area contributed by atoms with Gasteiger partial charge in [0.15, 0.2) is 17.3 Å². The zero-order valence-electron chi connectivity index (χ0n) is 23.2. The monoisotopic (exact) mass is 541 g/mol. The first kappa shape index (κ1) is 28.1. The lowest BCUT2D eigenvalue weighted by molar-refractivity contribution is -0.209. The second-order valence-electron chi connectivity index (χ2n) is 9.21. The Morgan fingerprint density at radius 1 is 0.949 bits per heavy atom. The third-order valence-electron chi connectivity index (χ3n) is 6.49. The van der Waals surface area contributed by atoms with Crippen LogP contribution in [0.4, 0.5) is 0 Å². The topological polar surface area (TPSA) is 94.2 Å². The summed E-state index contributed by atoms with van der Waals surface area (Å²) in [4.78, 5) is 15.6. The lowest BCUT2D eigenvalue weighted by Crippen LogP contribution is -2.34. The number of methoxy groups -OCH3 is 4. The fraction of sp³-hybridized carbons (Fsp3) is 0.414. The summed E-state index contributed by atoms with van der Waals surface area (Å²) in [5, 5.41) is 0. The van der Waals surface area contributed by atoms with Gasteiger partial charge in [0.1, 0.15) is 17.6 Å². The first-order chi connectivity index (χ1) is 18.9. The van der Waals surface area contributed by atoms with Crippen LogP contribution in [0.2, 0.25) is 0 Å². The van der Waals surface area contributed by atoms with Gasteiger partial charge in [-0.2, -0.15) is 0 Å². The van der Waals surface area contributed by atoms with Gasteiger partial charge in [0.2, 0.25) is 12.5 Å². The van der Waals surface area contributed by atoms with Crippen LogP contribution in [0.15, 0.2) is 59.6 Å². The molecule has 0 N–H and O–H groups in total. The number of cyclic esters (lactones) is 1. The number of nitrogens with zero attached hydrogens (tertiary/aromatic N) is 1. The van der Waals surface area contributed by atoms with Crippen LogP contribution in [-0.4, -0.2) is 73.3 Å². The first-order valence-corrected chi connectivity index (χ1v) is 12.5. The number of carbonyl (C=O) groups is 1. The zero-order valence-corrected chi connectivity index (χ0v) is 23.2. The molecule has 2 aromatic carbocycles. The Bertz CT molecular complexity index is 1210. The molecule has 0 radical (unpaired) electrons. The van der Waals surface area contributed by atoms with Crippen LogP contribution in [-0.2, 0) is 35.9 Å². The van der Waals surface area contributed by atoms with E-state index >= 15 is 0 Å². The van der Waals surface area contributed by atoms with Gasteiger partial charge in [-0.3, -0.25) is 0 Å². The van der Waals surface area contributed by atoms with Gasteiger partial charge < -0.3 is 42.8 Å². The molecular weight excluding hydrogens is 506 g/mol. The second kappa shape index (κ2) is 12.3. The average molecular weight is 542 g/mol. The number of esters is 1. The lowest BCUT2D eigenvalue weighted by atomic mass is 9.89. The zero-order chi connectivity index (χ0) is 28.0. The quantitative estimate of drug-likeness (QED) is 0.275. The minimum Gasteiger partial charge on any atom is -0.497 e. The summed E-state index contributed by atoms with van der Waals surface area (Å²) in [6, 6.07) is 10.9. The van der Waals surface area contributed by atoms with Crippen LogP contribution in [0.1, 0.15) is 17.5 Å². The molecule has 210 valence electrons. The largest absolute Gasteiger partial charge is 0.497 e. The van der Waals surface area contributed by atoms with Gasteiger partial charge in [0, 0.05) is 17.6 Å². The molecule has 2 aliphatic heterocycles. The Labute approximate surface area is 228 Å². The summed E-state index contributed by atoms with van der Waals surface area (Å²) in [6.45, 7) is 1.14. The van der Waals surface area contributed by atoms with Crippen molar-refractivity contribution in [2.75, 3.05) is 62.5 Å². The Kier molecular flexibility index (Phi) is 8.88. The maximum Gasteiger partial charge on any atom is 0.345 e. The third kappa shape index (κ3) is 5.76.